The number of carboxylic acid groups (broad SMARTS) is 1. The van der Waals surface area contributed by atoms with Crippen molar-refractivity contribution < 1.29 is 28.0 Å². The number of H-pyrrole nitrogens is 1. The van der Waals surface area contributed by atoms with Crippen LogP contribution < -0.4 is 16.1 Å². The van der Waals surface area contributed by atoms with Gasteiger partial charge in [0.05, 0.1) is 32.9 Å². The highest BCUT2D eigenvalue weighted by atomic mass is 19.1. The van der Waals surface area contributed by atoms with Crippen molar-refractivity contribution in [3.8, 4) is 0 Å². The molecule has 0 bridgehead atoms. The van der Waals surface area contributed by atoms with Crippen LogP contribution >= 0.6 is 0 Å². The number of pyridine rings is 1. The van der Waals surface area contributed by atoms with E-state index in [1.54, 1.807) is 17.0 Å². The van der Waals surface area contributed by atoms with Gasteiger partial charge >= 0.3 is 5.97 Å². The lowest BCUT2D eigenvalue weighted by Gasteiger charge is -2.22. The van der Waals surface area contributed by atoms with Crippen molar-refractivity contribution in [2.75, 3.05) is 18.0 Å². The molecule has 0 saturated carbocycles. The summed E-state index contributed by atoms with van der Waals surface area (Å²) in [6.45, 7) is 0.859. The Kier molecular flexibility index (Phi) is 4.66. The Bertz CT molecular complexity index is 2140. The maximum Gasteiger partial charge on any atom is 0.341 e. The molecule has 196 valence electrons. The quantitative estimate of drug-likeness (QED) is 0.130. The number of halogens is 1. The minimum absolute atomic E-state index is 0.0772. The Morgan fingerprint density at radius 1 is 1.15 bits per heavy atom. The standard InChI is InChI=1S/C26H18FN5O7/c27-15-6-13-22-25(23(15)30-4-3-11(28)9-30)39-21-7-17-20(8-18(21)31(22)10-14(24(13)33)26(34)35)38-19-5-12(32(36)37)1-2-16(19)29-17/h1-2,5-8,10-11,29H,3-4,9,28H2,(H,34,35)/t11-/m0/s1. The molecular formula is C26H18FN5O7. The number of nitrogens with one attached hydrogen (secondary N) is 1. The number of nitro benzene ring substituents is 1. The first-order valence-electron chi connectivity index (χ1n) is 11.9. The molecule has 0 amide bonds. The van der Waals surface area contributed by atoms with Gasteiger partial charge in [0.15, 0.2) is 28.1 Å². The van der Waals surface area contributed by atoms with Gasteiger partial charge in [-0.15, -0.1) is 0 Å². The Labute approximate surface area is 215 Å². The SMILES string of the molecule is N[C@H]1CCN(c2c(F)cc3c(=O)c(C(=O)O)cn4c5cc6oc7cc([N+](=O)[O-])ccc7[nH]c6cc5oc2c34)C1. The number of nitro groups is 1. The van der Waals surface area contributed by atoms with Gasteiger partial charge in [-0.1, -0.05) is 0 Å². The van der Waals surface area contributed by atoms with E-state index in [0.717, 1.165) is 6.07 Å². The molecule has 1 atom stereocenters. The maximum absolute atomic E-state index is 15.6. The molecule has 7 rings (SSSR count). The fourth-order valence-corrected chi connectivity index (χ4v) is 5.33. The number of nitrogens with two attached hydrogens (primary N) is 1. The summed E-state index contributed by atoms with van der Waals surface area (Å²) in [7, 11) is 0. The minimum Gasteiger partial charge on any atom is -0.477 e. The lowest BCUT2D eigenvalue weighted by molar-refractivity contribution is -0.384. The summed E-state index contributed by atoms with van der Waals surface area (Å²) in [6, 6.07) is 8.17. The normalized spacial score (nSPS) is 15.8. The summed E-state index contributed by atoms with van der Waals surface area (Å²) < 4.78 is 29.3. The van der Waals surface area contributed by atoms with Gasteiger partial charge < -0.3 is 34.0 Å². The molecule has 0 radical (unpaired) electrons. The molecular weight excluding hydrogens is 513 g/mol. The van der Waals surface area contributed by atoms with E-state index in [9.17, 15) is 24.8 Å². The van der Waals surface area contributed by atoms with E-state index < -0.39 is 27.7 Å². The van der Waals surface area contributed by atoms with Crippen LogP contribution in [0.1, 0.15) is 16.8 Å². The van der Waals surface area contributed by atoms with Crippen LogP contribution in [0.5, 0.6) is 0 Å². The van der Waals surface area contributed by atoms with Crippen LogP contribution in [0.2, 0.25) is 0 Å². The second-order valence-corrected chi connectivity index (χ2v) is 9.56. The Balaban J connectivity index is 1.63. The van der Waals surface area contributed by atoms with E-state index in [-0.39, 0.29) is 50.7 Å². The number of non-ortho nitro benzene ring substituents is 1. The molecule has 1 aliphatic heterocycles. The zero-order valence-corrected chi connectivity index (χ0v) is 19.9. The lowest BCUT2D eigenvalue weighted by Crippen LogP contribution is -2.27. The predicted octanol–water partition coefficient (Wildman–Crippen LogP) is 4.27. The summed E-state index contributed by atoms with van der Waals surface area (Å²) in [4.78, 5) is 40.6. The molecule has 1 fully saturated rings. The van der Waals surface area contributed by atoms with Crippen molar-refractivity contribution in [2.24, 2.45) is 5.73 Å². The van der Waals surface area contributed by atoms with Gasteiger partial charge in [0, 0.05) is 43.5 Å². The van der Waals surface area contributed by atoms with Crippen LogP contribution in [0, 0.1) is 15.9 Å². The fourth-order valence-electron chi connectivity index (χ4n) is 5.33. The molecule has 0 spiro atoms. The van der Waals surface area contributed by atoms with Gasteiger partial charge in [-0.25, -0.2) is 9.18 Å². The van der Waals surface area contributed by atoms with Crippen LogP contribution in [0.4, 0.5) is 15.8 Å². The van der Waals surface area contributed by atoms with Crippen LogP contribution in [-0.4, -0.2) is 44.5 Å². The first-order valence-corrected chi connectivity index (χ1v) is 11.9. The number of carbonyl (C=O) groups is 1. The number of aromatic carboxylic acids is 1. The van der Waals surface area contributed by atoms with Gasteiger partial charge in [0.2, 0.25) is 5.43 Å². The molecule has 39 heavy (non-hydrogen) atoms. The number of hydrogen-bond donors (Lipinski definition) is 3. The predicted molar refractivity (Wildman–Crippen MR) is 140 cm³/mol. The number of carboxylic acids is 1. The van der Waals surface area contributed by atoms with Crippen LogP contribution in [-0.2, 0) is 0 Å². The summed E-state index contributed by atoms with van der Waals surface area (Å²) in [5.74, 6) is -2.19. The van der Waals surface area contributed by atoms with Gasteiger partial charge in [0.1, 0.15) is 16.8 Å². The Morgan fingerprint density at radius 2 is 1.95 bits per heavy atom. The number of aromatic amines is 1. The lowest BCUT2D eigenvalue weighted by atomic mass is 10.1. The molecule has 6 aromatic rings. The van der Waals surface area contributed by atoms with Gasteiger partial charge in [-0.3, -0.25) is 14.9 Å². The van der Waals surface area contributed by atoms with E-state index in [2.05, 4.69) is 4.98 Å². The fraction of sp³-hybridized carbons (Fsp3) is 0.154. The molecule has 3 aromatic carbocycles. The first-order chi connectivity index (χ1) is 18.7. The summed E-state index contributed by atoms with van der Waals surface area (Å²) in [5, 5.41) is 20.8. The highest BCUT2D eigenvalue weighted by molar-refractivity contribution is 6.06. The molecule has 4 heterocycles. The second-order valence-electron chi connectivity index (χ2n) is 9.56. The van der Waals surface area contributed by atoms with Crippen LogP contribution in [0.25, 0.3) is 49.8 Å². The zero-order valence-electron chi connectivity index (χ0n) is 19.9. The molecule has 4 N–H and O–H groups in total. The van der Waals surface area contributed by atoms with Gasteiger partial charge in [0.25, 0.3) is 5.69 Å². The number of hydrogen-bond acceptors (Lipinski definition) is 8. The third kappa shape index (κ3) is 3.33. The molecule has 1 saturated heterocycles. The van der Waals surface area contributed by atoms with Crippen LogP contribution in [0.15, 0.2) is 56.2 Å². The Hall–Kier alpha value is -5.17. The van der Waals surface area contributed by atoms with Crippen molar-refractivity contribution in [3.05, 3.63) is 74.3 Å². The van der Waals surface area contributed by atoms with Crippen molar-refractivity contribution in [3.63, 3.8) is 0 Å². The summed E-state index contributed by atoms with van der Waals surface area (Å²) in [5.41, 5.74) is 6.98. The largest absolute Gasteiger partial charge is 0.477 e. The zero-order chi connectivity index (χ0) is 27.2. The van der Waals surface area contributed by atoms with Crippen LogP contribution in [0.3, 0.4) is 0 Å². The van der Waals surface area contributed by atoms with Crippen molar-refractivity contribution in [1.82, 2.24) is 9.38 Å². The monoisotopic (exact) mass is 531 g/mol. The molecule has 13 heteroatoms. The number of rotatable bonds is 3. The molecule has 0 aliphatic carbocycles. The number of nitrogens with zero attached hydrogens (tertiary/aromatic N) is 3. The average molecular weight is 531 g/mol. The minimum atomic E-state index is -1.47. The average Bonchev–Trinajstić information content (AvgIpc) is 3.32. The Morgan fingerprint density at radius 3 is 2.67 bits per heavy atom. The summed E-state index contributed by atoms with van der Waals surface area (Å²) in [6.07, 6.45) is 1.82. The van der Waals surface area contributed by atoms with E-state index in [4.69, 9.17) is 14.6 Å². The van der Waals surface area contributed by atoms with E-state index in [0.29, 0.717) is 36.1 Å². The molecule has 12 nitrogen and oxygen atoms in total. The van der Waals surface area contributed by atoms with Crippen molar-refractivity contribution in [1.29, 1.82) is 0 Å². The van der Waals surface area contributed by atoms with Crippen molar-refractivity contribution in [2.45, 2.75) is 12.5 Å². The number of anilines is 1. The topological polar surface area (TPSA) is 173 Å². The highest BCUT2D eigenvalue weighted by Gasteiger charge is 2.29. The van der Waals surface area contributed by atoms with E-state index in [1.165, 1.54) is 28.8 Å². The van der Waals surface area contributed by atoms with Gasteiger partial charge in [-0.05, 0) is 18.6 Å². The van der Waals surface area contributed by atoms with E-state index in [1.807, 2.05) is 0 Å². The van der Waals surface area contributed by atoms with E-state index >= 15 is 4.39 Å². The number of fused-ring (bicyclic) bond motifs is 4. The molecule has 3 aromatic heterocycles. The second kappa shape index (κ2) is 7.91. The third-order valence-corrected chi connectivity index (χ3v) is 7.14. The third-order valence-electron chi connectivity index (χ3n) is 7.14. The van der Waals surface area contributed by atoms with Gasteiger partial charge in [-0.2, -0.15) is 0 Å². The summed E-state index contributed by atoms with van der Waals surface area (Å²) >= 11 is 0. The highest BCUT2D eigenvalue weighted by Crippen LogP contribution is 2.38. The first kappa shape index (κ1) is 23.0. The molecule has 0 unspecified atom stereocenters. The molecule has 1 aliphatic rings. The number of aromatic nitrogens is 2. The number of benzene rings is 3. The smallest absolute Gasteiger partial charge is 0.341 e. The van der Waals surface area contributed by atoms with Crippen molar-refractivity contribution >= 4 is 67.1 Å². The maximum atomic E-state index is 15.6.